The summed E-state index contributed by atoms with van der Waals surface area (Å²) in [5, 5.41) is 0.947. The molecule has 1 aromatic rings. The minimum Gasteiger partial charge on any atom is -0.177 e. The molecule has 0 amide bonds. The van der Waals surface area contributed by atoms with Gasteiger partial charge >= 0.3 is 7.94 Å². The van der Waals surface area contributed by atoms with Gasteiger partial charge in [0.05, 0.1) is 21.3 Å². The zero-order valence-corrected chi connectivity index (χ0v) is 8.95. The lowest BCUT2D eigenvalue weighted by Gasteiger charge is -2.15. The smallest absolute Gasteiger partial charge is 0.177 e. The summed E-state index contributed by atoms with van der Waals surface area (Å²) < 4.78 is 15.9. The highest BCUT2D eigenvalue weighted by molar-refractivity contribution is 7.69. The highest BCUT2D eigenvalue weighted by atomic mass is 31.2. The van der Waals surface area contributed by atoms with E-state index in [1.807, 2.05) is 30.3 Å². The summed E-state index contributed by atoms with van der Waals surface area (Å²) in [7, 11) is 2.48. The van der Waals surface area contributed by atoms with Crippen molar-refractivity contribution in [1.29, 1.82) is 0 Å². The van der Waals surface area contributed by atoms with E-state index in [-0.39, 0.29) is 0 Å². The maximum atomic E-state index is 5.29. The second-order valence-corrected chi connectivity index (χ2v) is 4.99. The van der Waals surface area contributed by atoms with Crippen LogP contribution in [0.1, 0.15) is 0 Å². The molecule has 0 heterocycles. The highest BCUT2D eigenvalue weighted by Gasteiger charge is 2.44. The summed E-state index contributed by atoms with van der Waals surface area (Å²) in [4.78, 5) is 0. The van der Waals surface area contributed by atoms with Gasteiger partial charge in [-0.1, -0.05) is 18.2 Å². The first-order chi connectivity index (χ1) is 6.29. The molecular weight excluding hydrogens is 187 g/mol. The van der Waals surface area contributed by atoms with E-state index >= 15 is 0 Å². The summed E-state index contributed by atoms with van der Waals surface area (Å²) in [5.74, 6) is 0. The van der Waals surface area contributed by atoms with Gasteiger partial charge in [-0.05, 0) is 12.1 Å². The van der Waals surface area contributed by atoms with Crippen LogP contribution < -0.4 is 5.30 Å². The van der Waals surface area contributed by atoms with Crippen molar-refractivity contribution in [2.75, 3.05) is 21.3 Å². The van der Waals surface area contributed by atoms with Crippen LogP contribution in [0.2, 0.25) is 0 Å². The third-order valence-electron chi connectivity index (χ3n) is 1.79. The standard InChI is InChI=1S/C9H14O3P/c1-10-13(11-2,12-3)9-7-5-4-6-8-9/h4-8H,1-3H3/q+1. The Kier molecular flexibility index (Phi) is 3.82. The third kappa shape index (κ3) is 2.06. The zero-order chi connectivity index (χ0) is 9.73. The van der Waals surface area contributed by atoms with Crippen LogP contribution in [0.25, 0.3) is 0 Å². The molecule has 72 valence electrons. The van der Waals surface area contributed by atoms with E-state index in [0.29, 0.717) is 0 Å². The molecule has 1 rings (SSSR count). The van der Waals surface area contributed by atoms with Gasteiger partial charge in [0.1, 0.15) is 0 Å². The van der Waals surface area contributed by atoms with Crippen LogP contribution in [0, 0.1) is 0 Å². The molecule has 0 bridgehead atoms. The van der Waals surface area contributed by atoms with Crippen molar-refractivity contribution in [3.63, 3.8) is 0 Å². The van der Waals surface area contributed by atoms with Crippen molar-refractivity contribution in [2.45, 2.75) is 0 Å². The summed E-state index contributed by atoms with van der Waals surface area (Å²) in [6.45, 7) is 0. The summed E-state index contributed by atoms with van der Waals surface area (Å²) in [6, 6.07) is 9.68. The van der Waals surface area contributed by atoms with Crippen molar-refractivity contribution < 1.29 is 13.6 Å². The maximum Gasteiger partial charge on any atom is 0.447 e. The van der Waals surface area contributed by atoms with Gasteiger partial charge < -0.3 is 0 Å². The van der Waals surface area contributed by atoms with Gasteiger partial charge in [-0.3, -0.25) is 0 Å². The molecule has 0 spiro atoms. The second kappa shape index (κ2) is 4.68. The number of hydrogen-bond acceptors (Lipinski definition) is 3. The molecule has 0 unspecified atom stereocenters. The van der Waals surface area contributed by atoms with Gasteiger partial charge in [-0.2, -0.15) is 13.6 Å². The highest BCUT2D eigenvalue weighted by Crippen LogP contribution is 2.58. The lowest BCUT2D eigenvalue weighted by atomic mass is 10.4. The molecule has 0 fully saturated rings. The fourth-order valence-electron chi connectivity index (χ4n) is 1.15. The monoisotopic (exact) mass is 201 g/mol. The van der Waals surface area contributed by atoms with Crippen LogP contribution in [0.3, 0.4) is 0 Å². The Labute approximate surface area is 79.2 Å². The van der Waals surface area contributed by atoms with E-state index < -0.39 is 7.94 Å². The first-order valence-electron chi connectivity index (χ1n) is 3.91. The Bertz CT molecular complexity index is 238. The van der Waals surface area contributed by atoms with Crippen molar-refractivity contribution in [2.24, 2.45) is 0 Å². The van der Waals surface area contributed by atoms with Crippen molar-refractivity contribution in [3.05, 3.63) is 30.3 Å². The Morgan fingerprint density at radius 2 is 1.31 bits per heavy atom. The van der Waals surface area contributed by atoms with Gasteiger partial charge in [-0.25, -0.2) is 0 Å². The predicted molar refractivity (Wildman–Crippen MR) is 54.0 cm³/mol. The Morgan fingerprint density at radius 3 is 1.69 bits per heavy atom. The second-order valence-electron chi connectivity index (χ2n) is 2.38. The lowest BCUT2D eigenvalue weighted by molar-refractivity contribution is 0.222. The molecule has 0 aliphatic carbocycles. The third-order valence-corrected chi connectivity index (χ3v) is 4.17. The molecule has 0 aromatic heterocycles. The molecule has 0 aliphatic rings. The Hall–Kier alpha value is -0.470. The number of benzene rings is 1. The first-order valence-corrected chi connectivity index (χ1v) is 5.45. The van der Waals surface area contributed by atoms with Crippen LogP contribution in [0.15, 0.2) is 30.3 Å². The fourth-order valence-corrected chi connectivity index (χ4v) is 2.77. The minimum atomic E-state index is -2.29. The summed E-state index contributed by atoms with van der Waals surface area (Å²) in [5.41, 5.74) is 0. The molecule has 0 saturated carbocycles. The quantitative estimate of drug-likeness (QED) is 0.697. The van der Waals surface area contributed by atoms with E-state index in [2.05, 4.69) is 0 Å². The largest absolute Gasteiger partial charge is 0.447 e. The fraction of sp³-hybridized carbons (Fsp3) is 0.333. The number of rotatable bonds is 4. The van der Waals surface area contributed by atoms with E-state index in [1.165, 1.54) is 0 Å². The SMILES string of the molecule is CO[P+](OC)(OC)c1ccccc1. The van der Waals surface area contributed by atoms with E-state index in [0.717, 1.165) is 5.30 Å². The minimum absolute atomic E-state index is 0.947. The van der Waals surface area contributed by atoms with E-state index in [9.17, 15) is 0 Å². The zero-order valence-electron chi connectivity index (χ0n) is 8.06. The van der Waals surface area contributed by atoms with Crippen LogP contribution in [0.4, 0.5) is 0 Å². The Balaban J connectivity index is 3.01. The molecule has 0 atom stereocenters. The van der Waals surface area contributed by atoms with Gasteiger partial charge in [0.15, 0.2) is 5.30 Å². The van der Waals surface area contributed by atoms with Crippen LogP contribution >= 0.6 is 7.94 Å². The van der Waals surface area contributed by atoms with Crippen molar-refractivity contribution in [3.8, 4) is 0 Å². The summed E-state index contributed by atoms with van der Waals surface area (Å²) in [6.07, 6.45) is 0. The molecule has 1 aromatic carbocycles. The summed E-state index contributed by atoms with van der Waals surface area (Å²) >= 11 is 0. The molecular formula is C9H14O3P+. The maximum absolute atomic E-state index is 5.29. The molecule has 0 saturated heterocycles. The van der Waals surface area contributed by atoms with Gasteiger partial charge in [-0.15, -0.1) is 0 Å². The molecule has 0 N–H and O–H groups in total. The molecule has 4 heteroatoms. The van der Waals surface area contributed by atoms with Crippen LogP contribution in [-0.4, -0.2) is 21.3 Å². The van der Waals surface area contributed by atoms with E-state index in [4.69, 9.17) is 13.6 Å². The van der Waals surface area contributed by atoms with Gasteiger partial charge in [0.2, 0.25) is 0 Å². The lowest BCUT2D eigenvalue weighted by Crippen LogP contribution is -2.15. The molecule has 3 nitrogen and oxygen atoms in total. The van der Waals surface area contributed by atoms with Gasteiger partial charge in [0, 0.05) is 0 Å². The first kappa shape index (κ1) is 10.6. The Morgan fingerprint density at radius 1 is 0.846 bits per heavy atom. The van der Waals surface area contributed by atoms with Crippen molar-refractivity contribution >= 4 is 13.2 Å². The molecule has 13 heavy (non-hydrogen) atoms. The van der Waals surface area contributed by atoms with E-state index in [1.54, 1.807) is 21.3 Å². The van der Waals surface area contributed by atoms with Crippen LogP contribution in [-0.2, 0) is 13.6 Å². The number of hydrogen-bond donors (Lipinski definition) is 0. The van der Waals surface area contributed by atoms with Crippen LogP contribution in [0.5, 0.6) is 0 Å². The topological polar surface area (TPSA) is 27.7 Å². The predicted octanol–water partition coefficient (Wildman–Crippen LogP) is 2.01. The van der Waals surface area contributed by atoms with Gasteiger partial charge in [0.25, 0.3) is 0 Å². The average molecular weight is 201 g/mol. The molecule has 0 radical (unpaired) electrons. The molecule has 0 aliphatic heterocycles. The van der Waals surface area contributed by atoms with Crippen molar-refractivity contribution in [1.82, 2.24) is 0 Å². The normalized spacial score (nSPS) is 11.6. The average Bonchev–Trinajstić information content (AvgIpc) is 2.23.